The normalized spacial score (nSPS) is 21.7. The number of hydrogen-bond donors (Lipinski definition) is 2. The number of aryl methyl sites for hydroxylation is 1. The van der Waals surface area contributed by atoms with Crippen molar-refractivity contribution in [3.8, 4) is 5.75 Å². The molecule has 0 aliphatic carbocycles. The summed E-state index contributed by atoms with van der Waals surface area (Å²) >= 11 is 0. The van der Waals surface area contributed by atoms with Crippen molar-refractivity contribution < 1.29 is 28.9 Å². The molecule has 1 aliphatic rings. The summed E-state index contributed by atoms with van der Waals surface area (Å²) < 4.78 is 18.9. The minimum Gasteiger partial charge on any atom is -0.497 e. The van der Waals surface area contributed by atoms with Crippen LogP contribution in [0, 0.1) is 18.2 Å². The fourth-order valence-electron chi connectivity index (χ4n) is 3.90. The number of carboxylic acid groups (broad SMARTS) is 1. The van der Waals surface area contributed by atoms with Gasteiger partial charge in [-0.1, -0.05) is 12.1 Å². The lowest BCUT2D eigenvalue weighted by atomic mass is 9.72. The molecular weight excluding hydrogens is 377 g/mol. The van der Waals surface area contributed by atoms with Gasteiger partial charge in [-0.2, -0.15) is 0 Å². The zero-order chi connectivity index (χ0) is 21.2. The molecule has 3 rings (SSSR count). The number of ether oxygens (including phenoxy) is 1. The summed E-state index contributed by atoms with van der Waals surface area (Å²) in [7, 11) is 1.52. The van der Waals surface area contributed by atoms with Crippen molar-refractivity contribution in [2.24, 2.45) is 5.41 Å². The molecule has 29 heavy (non-hydrogen) atoms. The van der Waals surface area contributed by atoms with E-state index in [1.807, 2.05) is 0 Å². The number of piperidine rings is 1. The molecular formula is C22H24FNO5. The summed E-state index contributed by atoms with van der Waals surface area (Å²) in [5.41, 5.74) is -0.115. The maximum atomic E-state index is 13.7. The van der Waals surface area contributed by atoms with Crippen LogP contribution in [-0.2, 0) is 11.2 Å². The highest BCUT2D eigenvalue weighted by Crippen LogP contribution is 2.36. The second-order valence-corrected chi connectivity index (χ2v) is 7.54. The molecule has 1 amide bonds. The number of aliphatic hydroxyl groups excluding tert-OH is 1. The van der Waals surface area contributed by atoms with Gasteiger partial charge in [0, 0.05) is 18.7 Å². The molecule has 1 aliphatic heterocycles. The Morgan fingerprint density at radius 3 is 2.69 bits per heavy atom. The van der Waals surface area contributed by atoms with Crippen molar-refractivity contribution in [3.05, 3.63) is 65.0 Å². The third-order valence-electron chi connectivity index (χ3n) is 5.44. The molecule has 7 heteroatoms. The predicted octanol–water partition coefficient (Wildman–Crippen LogP) is 2.66. The first-order valence-corrected chi connectivity index (χ1v) is 9.36. The fourth-order valence-corrected chi connectivity index (χ4v) is 3.90. The molecule has 1 fully saturated rings. The van der Waals surface area contributed by atoms with E-state index in [0.717, 1.165) is 6.07 Å². The Kier molecular flexibility index (Phi) is 5.88. The van der Waals surface area contributed by atoms with E-state index < -0.39 is 29.2 Å². The molecule has 0 bridgehead atoms. The highest BCUT2D eigenvalue weighted by atomic mass is 19.1. The number of aliphatic hydroxyl groups is 1. The number of rotatable bonds is 5. The predicted molar refractivity (Wildman–Crippen MR) is 104 cm³/mol. The van der Waals surface area contributed by atoms with E-state index in [4.69, 9.17) is 4.74 Å². The monoisotopic (exact) mass is 401 g/mol. The molecule has 2 aromatic carbocycles. The number of methoxy groups -OCH3 is 1. The van der Waals surface area contributed by atoms with Crippen LogP contribution in [0.3, 0.4) is 0 Å². The van der Waals surface area contributed by atoms with Crippen LogP contribution in [0.4, 0.5) is 4.39 Å². The Morgan fingerprint density at radius 1 is 1.28 bits per heavy atom. The average Bonchev–Trinajstić information content (AvgIpc) is 2.68. The van der Waals surface area contributed by atoms with Crippen molar-refractivity contribution >= 4 is 11.9 Å². The molecule has 6 nitrogen and oxygen atoms in total. The molecule has 0 spiro atoms. The Hall–Kier alpha value is -2.93. The first-order valence-electron chi connectivity index (χ1n) is 9.36. The molecule has 0 unspecified atom stereocenters. The van der Waals surface area contributed by atoms with Gasteiger partial charge >= 0.3 is 5.97 Å². The molecule has 1 saturated heterocycles. The Bertz CT molecular complexity index is 911. The Balaban J connectivity index is 1.92. The van der Waals surface area contributed by atoms with E-state index in [0.29, 0.717) is 16.9 Å². The number of carbonyl (C=O) groups excluding carboxylic acids is 1. The van der Waals surface area contributed by atoms with E-state index in [-0.39, 0.29) is 31.5 Å². The number of likely N-dealkylation sites (tertiary alicyclic amines) is 1. The maximum Gasteiger partial charge on any atom is 0.314 e. The quantitative estimate of drug-likeness (QED) is 0.804. The smallest absolute Gasteiger partial charge is 0.314 e. The third-order valence-corrected chi connectivity index (χ3v) is 5.44. The molecule has 2 N–H and O–H groups in total. The van der Waals surface area contributed by atoms with Crippen LogP contribution in [0.15, 0.2) is 42.5 Å². The summed E-state index contributed by atoms with van der Waals surface area (Å²) in [6, 6.07) is 11.0. The molecule has 154 valence electrons. The van der Waals surface area contributed by atoms with Crippen LogP contribution >= 0.6 is 0 Å². The van der Waals surface area contributed by atoms with E-state index in [2.05, 4.69) is 0 Å². The number of amides is 1. The molecule has 0 aromatic heterocycles. The highest BCUT2D eigenvalue weighted by Gasteiger charge is 2.50. The van der Waals surface area contributed by atoms with Gasteiger partial charge in [0.05, 0.1) is 13.2 Å². The Morgan fingerprint density at radius 2 is 2.03 bits per heavy atom. The van der Waals surface area contributed by atoms with E-state index in [9.17, 15) is 24.2 Å². The van der Waals surface area contributed by atoms with Crippen molar-refractivity contribution in [3.63, 3.8) is 0 Å². The van der Waals surface area contributed by atoms with E-state index in [1.165, 1.54) is 18.1 Å². The zero-order valence-electron chi connectivity index (χ0n) is 16.4. The zero-order valence-corrected chi connectivity index (χ0v) is 16.4. The van der Waals surface area contributed by atoms with Crippen LogP contribution in [0.5, 0.6) is 5.75 Å². The third kappa shape index (κ3) is 4.24. The number of halogens is 1. The van der Waals surface area contributed by atoms with Gasteiger partial charge in [-0.15, -0.1) is 0 Å². The van der Waals surface area contributed by atoms with Crippen molar-refractivity contribution in [2.45, 2.75) is 25.9 Å². The number of benzene rings is 2. The summed E-state index contributed by atoms with van der Waals surface area (Å²) in [4.78, 5) is 26.6. The lowest BCUT2D eigenvalue weighted by molar-refractivity contribution is -0.161. The SMILES string of the molecule is COc1cccc(C[C@@]2(C(=O)O)CN(C(=O)c3cc(C)cc(F)c3)CC[C@H]2O)c1. The van der Waals surface area contributed by atoms with Crippen LogP contribution in [0.25, 0.3) is 0 Å². The van der Waals surface area contributed by atoms with Gasteiger partial charge in [0.15, 0.2) is 0 Å². The van der Waals surface area contributed by atoms with Crippen molar-refractivity contribution in [1.82, 2.24) is 4.90 Å². The van der Waals surface area contributed by atoms with Gasteiger partial charge < -0.3 is 19.8 Å². The topological polar surface area (TPSA) is 87.1 Å². The van der Waals surface area contributed by atoms with Gasteiger partial charge in [0.25, 0.3) is 5.91 Å². The second kappa shape index (κ2) is 8.21. The van der Waals surface area contributed by atoms with Crippen LogP contribution in [0.1, 0.15) is 27.9 Å². The largest absolute Gasteiger partial charge is 0.497 e. The summed E-state index contributed by atoms with van der Waals surface area (Å²) in [6.07, 6.45) is -0.965. The molecule has 0 radical (unpaired) electrons. The van der Waals surface area contributed by atoms with E-state index in [1.54, 1.807) is 37.3 Å². The fraction of sp³-hybridized carbons (Fsp3) is 0.364. The minimum absolute atomic E-state index is 0.0344. The Labute approximate surface area is 168 Å². The number of aliphatic carboxylic acids is 1. The second-order valence-electron chi connectivity index (χ2n) is 7.54. The number of carboxylic acids is 1. The van der Waals surface area contributed by atoms with Gasteiger partial charge in [0.1, 0.15) is 17.0 Å². The van der Waals surface area contributed by atoms with Gasteiger partial charge in [0.2, 0.25) is 0 Å². The van der Waals surface area contributed by atoms with Crippen molar-refractivity contribution in [1.29, 1.82) is 0 Å². The first-order chi connectivity index (χ1) is 13.7. The number of carbonyl (C=O) groups is 2. The van der Waals surface area contributed by atoms with Gasteiger partial charge in [-0.25, -0.2) is 4.39 Å². The molecule has 1 heterocycles. The van der Waals surface area contributed by atoms with Crippen LogP contribution in [-0.4, -0.2) is 53.3 Å². The standard InChI is InChI=1S/C22H24FNO5/c1-14-8-16(11-17(23)9-14)20(26)24-7-6-19(25)22(13-24,21(27)28)12-15-4-3-5-18(10-15)29-2/h3-5,8-11,19,25H,6-7,12-13H2,1-2H3,(H,27,28)/t19-,22-/m1/s1. The first kappa shape index (κ1) is 20.8. The van der Waals surface area contributed by atoms with Gasteiger partial charge in [-0.3, -0.25) is 9.59 Å². The van der Waals surface area contributed by atoms with Crippen molar-refractivity contribution in [2.75, 3.05) is 20.2 Å². The highest BCUT2D eigenvalue weighted by molar-refractivity contribution is 5.95. The summed E-state index contributed by atoms with van der Waals surface area (Å²) in [5, 5.41) is 20.6. The van der Waals surface area contributed by atoms with Gasteiger partial charge in [-0.05, 0) is 61.2 Å². The molecule has 0 saturated carbocycles. The number of hydrogen-bond acceptors (Lipinski definition) is 4. The lowest BCUT2D eigenvalue weighted by Gasteiger charge is -2.43. The lowest BCUT2D eigenvalue weighted by Crippen LogP contribution is -2.58. The minimum atomic E-state index is -1.57. The van der Waals surface area contributed by atoms with Crippen LogP contribution in [0.2, 0.25) is 0 Å². The molecule has 2 aromatic rings. The molecule has 2 atom stereocenters. The maximum absolute atomic E-state index is 13.7. The average molecular weight is 401 g/mol. The summed E-state index contributed by atoms with van der Waals surface area (Å²) in [6.45, 7) is 1.71. The van der Waals surface area contributed by atoms with E-state index >= 15 is 0 Å². The van der Waals surface area contributed by atoms with Crippen LogP contribution < -0.4 is 4.74 Å². The number of nitrogens with zero attached hydrogens (tertiary/aromatic N) is 1. The summed E-state index contributed by atoms with van der Waals surface area (Å²) in [5.74, 6) is -1.57.